The van der Waals surface area contributed by atoms with Gasteiger partial charge in [-0.1, -0.05) is 169 Å². The lowest BCUT2D eigenvalue weighted by atomic mass is 9.84. The molecule has 0 bridgehead atoms. The van der Waals surface area contributed by atoms with Crippen LogP contribution in [0.4, 0.5) is 0 Å². The van der Waals surface area contributed by atoms with E-state index in [4.69, 9.17) is 0 Å². The van der Waals surface area contributed by atoms with E-state index >= 15 is 0 Å². The van der Waals surface area contributed by atoms with Crippen molar-refractivity contribution in [2.45, 2.75) is 89.1 Å². The molecule has 1 heteroatoms. The summed E-state index contributed by atoms with van der Waals surface area (Å²) in [7, 11) is 0.838. The molecule has 3 rings (SSSR count). The Bertz CT molecular complexity index is 776. The van der Waals surface area contributed by atoms with E-state index in [9.17, 15) is 0 Å². The second kappa shape index (κ2) is 15.9. The minimum absolute atomic E-state index is 0.0540. The van der Waals surface area contributed by atoms with Gasteiger partial charge in [0.05, 0.1) is 5.16 Å². The number of unbranched alkanes of at least 4 members (excludes halogenated alkanes) is 11. The maximum absolute atomic E-state index is 2.33. The molecule has 0 radical (unpaired) electrons. The van der Waals surface area contributed by atoms with E-state index < -0.39 is 0 Å². The average Bonchev–Trinajstić information content (AvgIpc) is 2.91. The van der Waals surface area contributed by atoms with Gasteiger partial charge in [-0.3, -0.25) is 0 Å². The predicted octanol–water partition coefficient (Wildman–Crippen LogP) is 10.4. The Hall–Kier alpha value is -1.91. The van der Waals surface area contributed by atoms with Gasteiger partial charge in [0.15, 0.2) is 0 Å². The van der Waals surface area contributed by atoms with Gasteiger partial charge in [-0.05, 0) is 29.3 Å². The third kappa shape index (κ3) is 8.09. The smallest absolute Gasteiger partial charge is 0.0619 e. The van der Waals surface area contributed by atoms with Crippen LogP contribution in [0.25, 0.3) is 0 Å². The minimum atomic E-state index is -0.0540. The van der Waals surface area contributed by atoms with E-state index in [1.54, 1.807) is 0 Å². The zero-order valence-corrected chi connectivity index (χ0v) is 22.4. The Labute approximate surface area is 211 Å². The molecule has 3 aromatic rings. The topological polar surface area (TPSA) is 0 Å². The molecule has 0 aromatic heterocycles. The highest BCUT2D eigenvalue weighted by Gasteiger charge is 2.35. The average molecular weight is 473 g/mol. The summed E-state index contributed by atoms with van der Waals surface area (Å²) in [5.74, 6) is 0. The molecular weight excluding hydrogens is 427 g/mol. The molecule has 0 saturated heterocycles. The van der Waals surface area contributed by atoms with Crippen LogP contribution in [0.2, 0.25) is 0 Å². The molecule has 1 atom stereocenters. The predicted molar refractivity (Wildman–Crippen MR) is 153 cm³/mol. The number of benzene rings is 3. The molecule has 0 N–H and O–H groups in total. The first kappa shape index (κ1) is 26.7. The van der Waals surface area contributed by atoms with Crippen LogP contribution in [0.5, 0.6) is 0 Å². The summed E-state index contributed by atoms with van der Waals surface area (Å²) < 4.78 is 0. The first-order valence-electron chi connectivity index (χ1n) is 13.8. The molecule has 182 valence electrons. The van der Waals surface area contributed by atoms with Gasteiger partial charge in [0.1, 0.15) is 0 Å². The zero-order valence-electron chi connectivity index (χ0n) is 21.4. The van der Waals surface area contributed by atoms with Crippen molar-refractivity contribution in [1.29, 1.82) is 0 Å². The fraction of sp³-hybridized carbons (Fsp3) is 0.455. The molecule has 0 heterocycles. The summed E-state index contributed by atoms with van der Waals surface area (Å²) in [6.07, 6.45) is 18.2. The van der Waals surface area contributed by atoms with Crippen molar-refractivity contribution in [3.05, 3.63) is 108 Å². The van der Waals surface area contributed by atoms with Crippen molar-refractivity contribution in [2.24, 2.45) is 0 Å². The molecule has 1 unspecified atom stereocenters. The summed E-state index contributed by atoms with van der Waals surface area (Å²) in [6, 6.07) is 33.6. The zero-order chi connectivity index (χ0) is 23.7. The maximum Gasteiger partial charge on any atom is 0.0619 e. The molecule has 0 aliphatic heterocycles. The van der Waals surface area contributed by atoms with Crippen molar-refractivity contribution in [1.82, 2.24) is 0 Å². The van der Waals surface area contributed by atoms with E-state index in [-0.39, 0.29) is 5.16 Å². The lowest BCUT2D eigenvalue weighted by molar-refractivity contribution is 0.548. The second-order valence-electron chi connectivity index (χ2n) is 9.66. The van der Waals surface area contributed by atoms with Crippen molar-refractivity contribution in [3.63, 3.8) is 0 Å². The van der Waals surface area contributed by atoms with Crippen LogP contribution in [-0.4, -0.2) is 6.16 Å². The first-order chi connectivity index (χ1) is 16.9. The van der Waals surface area contributed by atoms with E-state index in [0.29, 0.717) is 0 Å². The van der Waals surface area contributed by atoms with Gasteiger partial charge in [-0.25, -0.2) is 0 Å². The molecule has 0 spiro atoms. The van der Waals surface area contributed by atoms with Gasteiger partial charge in [0, 0.05) is 0 Å². The number of hydrogen-bond donors (Lipinski definition) is 0. The van der Waals surface area contributed by atoms with Crippen molar-refractivity contribution in [2.75, 3.05) is 6.16 Å². The molecule has 0 saturated carbocycles. The normalized spacial score (nSPS) is 11.9. The summed E-state index contributed by atoms with van der Waals surface area (Å²) in [4.78, 5) is 0. The van der Waals surface area contributed by atoms with Crippen LogP contribution in [0.1, 0.15) is 101 Å². The van der Waals surface area contributed by atoms with Crippen molar-refractivity contribution >= 4 is 8.58 Å². The van der Waals surface area contributed by atoms with Crippen LogP contribution in [0.3, 0.4) is 0 Å². The third-order valence-corrected chi connectivity index (χ3v) is 9.04. The standard InChI is InChI=1S/C33H45P/c1-2-3-4-5-6-7-8-9-10-11-12-22-29-34-33(30-23-16-13-17-24-30,31-25-18-14-19-26-31)32-27-20-15-21-28-32/h13-21,23-28,34H,2-12,22,29H2,1H3. The second-order valence-corrected chi connectivity index (χ2v) is 11.3. The first-order valence-corrected chi connectivity index (χ1v) is 15.0. The summed E-state index contributed by atoms with van der Waals surface area (Å²) in [5, 5.41) is -0.0540. The van der Waals surface area contributed by atoms with Crippen LogP contribution in [-0.2, 0) is 5.16 Å². The molecule has 0 fully saturated rings. The largest absolute Gasteiger partial charge is 0.101 e. The van der Waals surface area contributed by atoms with Crippen molar-refractivity contribution in [3.8, 4) is 0 Å². The SMILES string of the molecule is CCCCCCCCCCCCCCPC(c1ccccc1)(c1ccccc1)c1ccccc1. The minimum Gasteiger partial charge on any atom is -0.101 e. The highest BCUT2D eigenvalue weighted by atomic mass is 31.1. The van der Waals surface area contributed by atoms with Crippen molar-refractivity contribution < 1.29 is 0 Å². The molecule has 0 aliphatic carbocycles. The third-order valence-electron chi connectivity index (χ3n) is 7.04. The highest BCUT2D eigenvalue weighted by Crippen LogP contribution is 2.52. The molecular formula is C33H45P. The molecule has 3 aromatic carbocycles. The van der Waals surface area contributed by atoms with Gasteiger partial charge in [0.2, 0.25) is 0 Å². The van der Waals surface area contributed by atoms with Gasteiger partial charge in [-0.2, -0.15) is 0 Å². The van der Waals surface area contributed by atoms with E-state index in [0.717, 1.165) is 8.58 Å². The molecule has 34 heavy (non-hydrogen) atoms. The number of hydrogen-bond acceptors (Lipinski definition) is 0. The van der Waals surface area contributed by atoms with Crippen LogP contribution in [0, 0.1) is 0 Å². The van der Waals surface area contributed by atoms with Crippen LogP contribution < -0.4 is 0 Å². The molecule has 0 aliphatic rings. The molecule has 0 amide bonds. The fourth-order valence-corrected chi connectivity index (χ4v) is 7.03. The van der Waals surface area contributed by atoms with Gasteiger partial charge in [-0.15, -0.1) is 8.58 Å². The Morgan fingerprint density at radius 3 is 1.12 bits per heavy atom. The van der Waals surface area contributed by atoms with Gasteiger partial charge >= 0.3 is 0 Å². The summed E-state index contributed by atoms with van der Waals surface area (Å²) in [5.41, 5.74) is 4.26. The lowest BCUT2D eigenvalue weighted by Crippen LogP contribution is -2.24. The number of rotatable bonds is 17. The summed E-state index contributed by atoms with van der Waals surface area (Å²) in [6.45, 7) is 2.30. The van der Waals surface area contributed by atoms with E-state index in [1.807, 2.05) is 0 Å². The maximum atomic E-state index is 2.33. The Balaban J connectivity index is 1.54. The molecule has 0 nitrogen and oxygen atoms in total. The van der Waals surface area contributed by atoms with Crippen LogP contribution in [0.15, 0.2) is 91.0 Å². The fourth-order valence-electron chi connectivity index (χ4n) is 5.11. The Morgan fingerprint density at radius 1 is 0.441 bits per heavy atom. The summed E-state index contributed by atoms with van der Waals surface area (Å²) >= 11 is 0. The highest BCUT2D eigenvalue weighted by molar-refractivity contribution is 7.40. The van der Waals surface area contributed by atoms with E-state index in [2.05, 4.69) is 97.9 Å². The van der Waals surface area contributed by atoms with Gasteiger partial charge < -0.3 is 0 Å². The van der Waals surface area contributed by atoms with E-state index in [1.165, 1.54) is 99.9 Å². The Morgan fingerprint density at radius 2 is 0.765 bits per heavy atom. The lowest BCUT2D eigenvalue weighted by Gasteiger charge is -2.36. The Kier molecular flexibility index (Phi) is 12.5. The monoisotopic (exact) mass is 472 g/mol. The van der Waals surface area contributed by atoms with Crippen LogP contribution >= 0.6 is 8.58 Å². The van der Waals surface area contributed by atoms with Gasteiger partial charge in [0.25, 0.3) is 0 Å². The quantitative estimate of drug-likeness (QED) is 0.104.